The molecule has 0 unspecified atom stereocenters. The van der Waals surface area contributed by atoms with E-state index in [1.807, 2.05) is 24.3 Å². The number of likely N-dealkylation sites (tertiary alicyclic amines) is 1. The summed E-state index contributed by atoms with van der Waals surface area (Å²) in [6, 6.07) is 10.5. The first-order valence-electron chi connectivity index (χ1n) is 12.2. The lowest BCUT2D eigenvalue weighted by Crippen LogP contribution is -2.49. The molecule has 5 rings (SSSR count). The van der Waals surface area contributed by atoms with E-state index in [2.05, 4.69) is 9.88 Å². The lowest BCUT2D eigenvalue weighted by molar-refractivity contribution is -0.145. The van der Waals surface area contributed by atoms with E-state index in [-0.39, 0.29) is 24.6 Å². The molecule has 0 spiro atoms. The molecule has 2 aromatic heterocycles. The minimum Gasteiger partial charge on any atom is -0.384 e. The lowest BCUT2D eigenvalue weighted by Gasteiger charge is -2.36. The van der Waals surface area contributed by atoms with Crippen LogP contribution in [0.25, 0.3) is 10.9 Å². The number of rotatable bonds is 5. The van der Waals surface area contributed by atoms with Gasteiger partial charge in [-0.3, -0.25) is 19.5 Å². The molecule has 196 valence electrons. The molecule has 0 N–H and O–H groups in total. The number of hydrogen-bond acceptors (Lipinski definition) is 5. The maximum atomic E-state index is 13.8. The van der Waals surface area contributed by atoms with Crippen molar-refractivity contribution in [2.24, 2.45) is 12.5 Å². The number of ether oxygens (including phenoxy) is 1. The van der Waals surface area contributed by atoms with E-state index in [1.54, 1.807) is 29.7 Å². The predicted octanol–water partition coefficient (Wildman–Crippen LogP) is 3.38. The Morgan fingerprint density at radius 2 is 1.95 bits per heavy atom. The highest BCUT2D eigenvalue weighted by atomic mass is 19.4. The zero-order valence-corrected chi connectivity index (χ0v) is 20.8. The number of aryl methyl sites for hydroxylation is 1. The van der Waals surface area contributed by atoms with E-state index in [0.717, 1.165) is 28.7 Å². The van der Waals surface area contributed by atoms with Gasteiger partial charge >= 0.3 is 6.18 Å². The first-order valence-corrected chi connectivity index (χ1v) is 12.2. The van der Waals surface area contributed by atoms with E-state index >= 15 is 0 Å². The van der Waals surface area contributed by atoms with Crippen molar-refractivity contribution in [1.82, 2.24) is 19.4 Å². The van der Waals surface area contributed by atoms with Crippen LogP contribution in [0.5, 0.6) is 0 Å². The van der Waals surface area contributed by atoms with Crippen LogP contribution in [-0.4, -0.2) is 58.6 Å². The third kappa shape index (κ3) is 4.87. The SMILES string of the molecule is COC[C@]1(C(=O)N2CCc3ncc(C(F)(F)F)cc3C2)CCN(Cc2ccc3ccc(=O)n(C)c3c2)C1. The lowest BCUT2D eigenvalue weighted by atomic mass is 9.85. The number of carbonyl (C=O) groups is 1. The molecule has 3 aromatic rings. The van der Waals surface area contributed by atoms with Crippen LogP contribution in [0.4, 0.5) is 13.2 Å². The molecule has 1 fully saturated rings. The molecule has 2 aliphatic heterocycles. The molecule has 4 heterocycles. The summed E-state index contributed by atoms with van der Waals surface area (Å²) in [4.78, 5) is 33.7. The van der Waals surface area contributed by atoms with Crippen molar-refractivity contribution in [1.29, 1.82) is 0 Å². The second-order valence-electron chi connectivity index (χ2n) is 10.1. The fraction of sp³-hybridized carbons (Fsp3) is 0.444. The molecular weight excluding hydrogens is 485 g/mol. The summed E-state index contributed by atoms with van der Waals surface area (Å²) >= 11 is 0. The second kappa shape index (κ2) is 9.57. The number of aromatic nitrogens is 2. The topological polar surface area (TPSA) is 67.7 Å². The Kier molecular flexibility index (Phi) is 6.57. The van der Waals surface area contributed by atoms with Crippen LogP contribution in [0.2, 0.25) is 0 Å². The smallest absolute Gasteiger partial charge is 0.384 e. The van der Waals surface area contributed by atoms with Crippen molar-refractivity contribution in [2.75, 3.05) is 33.4 Å². The number of pyridine rings is 2. The molecule has 0 aliphatic carbocycles. The Labute approximate surface area is 212 Å². The zero-order chi connectivity index (χ0) is 26.4. The predicted molar refractivity (Wildman–Crippen MR) is 132 cm³/mol. The number of nitrogens with zero attached hydrogens (tertiary/aromatic N) is 4. The Morgan fingerprint density at radius 1 is 1.16 bits per heavy atom. The molecule has 10 heteroatoms. The summed E-state index contributed by atoms with van der Waals surface area (Å²) in [5, 5.41) is 0.977. The molecule has 1 amide bonds. The first-order chi connectivity index (χ1) is 17.6. The summed E-state index contributed by atoms with van der Waals surface area (Å²) in [6.07, 6.45) is -2.60. The number of amides is 1. The maximum Gasteiger partial charge on any atom is 0.417 e. The Bertz CT molecular complexity index is 1400. The van der Waals surface area contributed by atoms with Gasteiger partial charge in [-0.25, -0.2) is 0 Å². The number of methoxy groups -OCH3 is 1. The Balaban J connectivity index is 1.34. The summed E-state index contributed by atoms with van der Waals surface area (Å²) in [5.74, 6) is -0.0965. The summed E-state index contributed by atoms with van der Waals surface area (Å²) in [7, 11) is 3.31. The van der Waals surface area contributed by atoms with Crippen LogP contribution in [0.1, 0.15) is 28.8 Å². The fourth-order valence-electron chi connectivity index (χ4n) is 5.58. The molecule has 0 bridgehead atoms. The van der Waals surface area contributed by atoms with Crippen LogP contribution in [0, 0.1) is 5.41 Å². The van der Waals surface area contributed by atoms with Crippen LogP contribution in [0.3, 0.4) is 0 Å². The van der Waals surface area contributed by atoms with Gasteiger partial charge in [-0.2, -0.15) is 13.2 Å². The Hall–Kier alpha value is -3.24. The van der Waals surface area contributed by atoms with Gasteiger partial charge in [0.1, 0.15) is 0 Å². The van der Waals surface area contributed by atoms with E-state index in [1.165, 1.54) is 0 Å². The highest BCUT2D eigenvalue weighted by Crippen LogP contribution is 2.36. The molecule has 7 nitrogen and oxygen atoms in total. The zero-order valence-electron chi connectivity index (χ0n) is 20.8. The summed E-state index contributed by atoms with van der Waals surface area (Å²) in [5.41, 5.74) is 1.29. The van der Waals surface area contributed by atoms with Gasteiger partial charge in [0.2, 0.25) is 5.91 Å². The van der Waals surface area contributed by atoms with Crippen molar-refractivity contribution in [3.8, 4) is 0 Å². The maximum absolute atomic E-state index is 13.8. The second-order valence-corrected chi connectivity index (χ2v) is 10.1. The molecule has 1 atom stereocenters. The van der Waals surface area contributed by atoms with Crippen molar-refractivity contribution in [2.45, 2.75) is 32.1 Å². The fourth-order valence-corrected chi connectivity index (χ4v) is 5.58. The molecule has 37 heavy (non-hydrogen) atoms. The monoisotopic (exact) mass is 514 g/mol. The quantitative estimate of drug-likeness (QED) is 0.523. The van der Waals surface area contributed by atoms with Gasteiger partial charge in [0.25, 0.3) is 5.56 Å². The molecule has 1 aromatic carbocycles. The van der Waals surface area contributed by atoms with Crippen molar-refractivity contribution < 1.29 is 22.7 Å². The van der Waals surface area contributed by atoms with Gasteiger partial charge in [0.15, 0.2) is 0 Å². The van der Waals surface area contributed by atoms with Crippen LogP contribution in [0.15, 0.2) is 47.4 Å². The third-order valence-electron chi connectivity index (χ3n) is 7.56. The largest absolute Gasteiger partial charge is 0.417 e. The highest BCUT2D eigenvalue weighted by molar-refractivity contribution is 5.84. The first kappa shape index (κ1) is 25.4. The summed E-state index contributed by atoms with van der Waals surface area (Å²) < 4.78 is 46.7. The number of carbonyl (C=O) groups excluding carboxylic acids is 1. The normalized spacial score (nSPS) is 20.4. The van der Waals surface area contributed by atoms with Crippen molar-refractivity contribution in [3.63, 3.8) is 0 Å². The molecule has 1 saturated heterocycles. The van der Waals surface area contributed by atoms with Crippen molar-refractivity contribution in [3.05, 3.63) is 75.3 Å². The van der Waals surface area contributed by atoms with Crippen LogP contribution in [-0.2, 0) is 42.3 Å². The summed E-state index contributed by atoms with van der Waals surface area (Å²) in [6.45, 7) is 2.53. The number of hydrogen-bond donors (Lipinski definition) is 0. The van der Waals surface area contributed by atoms with E-state index in [9.17, 15) is 22.8 Å². The van der Waals surface area contributed by atoms with Gasteiger partial charge in [-0.05, 0) is 47.7 Å². The minimum atomic E-state index is -4.48. The number of halogens is 3. The third-order valence-corrected chi connectivity index (χ3v) is 7.56. The minimum absolute atomic E-state index is 0.0730. The van der Waals surface area contributed by atoms with E-state index < -0.39 is 17.2 Å². The van der Waals surface area contributed by atoms with Gasteiger partial charge in [-0.15, -0.1) is 0 Å². The average Bonchev–Trinajstić information content (AvgIpc) is 3.28. The molecule has 0 saturated carbocycles. The van der Waals surface area contributed by atoms with Crippen LogP contribution >= 0.6 is 0 Å². The molecule has 0 radical (unpaired) electrons. The van der Waals surface area contributed by atoms with E-state index in [4.69, 9.17) is 4.74 Å². The van der Waals surface area contributed by atoms with Gasteiger partial charge < -0.3 is 14.2 Å². The number of benzene rings is 1. The number of alkyl halides is 3. The van der Waals surface area contributed by atoms with Crippen molar-refractivity contribution >= 4 is 16.8 Å². The molecule has 2 aliphatic rings. The van der Waals surface area contributed by atoms with Gasteiger partial charge in [0, 0.05) is 64.7 Å². The average molecular weight is 515 g/mol. The Morgan fingerprint density at radius 3 is 2.70 bits per heavy atom. The van der Waals surface area contributed by atoms with Gasteiger partial charge in [0.05, 0.1) is 23.1 Å². The standard InChI is InChI=1S/C27H29F3N4O3/c1-32-23-11-18(3-4-19(23)5-6-24(32)35)14-33-10-8-26(16-33,17-37-2)25(36)34-9-7-22-20(15-34)12-21(13-31-22)27(28,29)30/h3-6,11-13H,7-10,14-17H2,1-2H3/t26-/m0/s1. The highest BCUT2D eigenvalue weighted by Gasteiger charge is 2.47. The van der Waals surface area contributed by atoms with Gasteiger partial charge in [-0.1, -0.05) is 12.1 Å². The molecular formula is C27H29F3N4O3. The van der Waals surface area contributed by atoms with E-state index in [0.29, 0.717) is 50.3 Å². The van der Waals surface area contributed by atoms with Crippen LogP contribution < -0.4 is 5.56 Å². The number of fused-ring (bicyclic) bond motifs is 2.